The van der Waals surface area contributed by atoms with Crippen LogP contribution >= 0.6 is 11.6 Å². The van der Waals surface area contributed by atoms with Gasteiger partial charge in [0.1, 0.15) is 18.4 Å². The van der Waals surface area contributed by atoms with Crippen LogP contribution < -0.4 is 10.6 Å². The molecule has 53 heavy (non-hydrogen) atoms. The molecule has 1 saturated carbocycles. The third-order valence-electron chi connectivity index (χ3n) is 8.83. The number of nitrogens with one attached hydrogen (secondary N) is 2. The summed E-state index contributed by atoms with van der Waals surface area (Å²) in [5.74, 6) is -3.26. The van der Waals surface area contributed by atoms with Crippen molar-refractivity contribution in [3.8, 4) is 16.9 Å². The number of aliphatic imine (C=N–C) groups is 1. The van der Waals surface area contributed by atoms with Gasteiger partial charge in [0, 0.05) is 24.2 Å². The average Bonchev–Trinajstić information content (AvgIpc) is 3.59. The predicted molar refractivity (Wildman–Crippen MR) is 176 cm³/mol. The number of nitrogens with zero attached hydrogens (tertiary/aromatic N) is 8. The summed E-state index contributed by atoms with van der Waals surface area (Å²) in [6, 6.07) is 8.98. The lowest BCUT2D eigenvalue weighted by atomic mass is 9.89. The highest BCUT2D eigenvalue weighted by atomic mass is 35.5. The maximum atomic E-state index is 16.2. The molecular weight excluding hydrogens is 737 g/mol. The number of halogens is 8. The second kappa shape index (κ2) is 14.4. The van der Waals surface area contributed by atoms with Crippen LogP contribution in [-0.2, 0) is 4.79 Å². The highest BCUT2D eigenvalue weighted by Gasteiger charge is 2.47. The van der Waals surface area contributed by atoms with Gasteiger partial charge in [-0.3, -0.25) is 19.5 Å². The topological polar surface area (TPSA) is 135 Å². The van der Waals surface area contributed by atoms with Crippen molar-refractivity contribution < 1.29 is 40.3 Å². The molecule has 4 aromatic rings. The zero-order valence-electron chi connectivity index (χ0n) is 28.1. The van der Waals surface area contributed by atoms with Crippen molar-refractivity contribution in [3.05, 3.63) is 77.0 Å². The van der Waals surface area contributed by atoms with Crippen LogP contribution in [0.1, 0.15) is 79.7 Å². The number of aromatic nitrogens is 6. The molecule has 2 amide bonds. The third kappa shape index (κ3) is 8.44. The van der Waals surface area contributed by atoms with E-state index in [0.29, 0.717) is 11.3 Å². The Kier molecular flexibility index (Phi) is 10.2. The quantitative estimate of drug-likeness (QED) is 0.144. The number of guanidine groups is 1. The number of alkyl halides is 7. The fraction of sp³-hybridized carbons (Fsp3) is 0.424. The summed E-state index contributed by atoms with van der Waals surface area (Å²) in [7, 11) is 0. The van der Waals surface area contributed by atoms with Crippen molar-refractivity contribution in [2.45, 2.75) is 70.3 Å². The average molecular weight is 769 g/mol. The Morgan fingerprint density at radius 3 is 2.42 bits per heavy atom. The van der Waals surface area contributed by atoms with E-state index < -0.39 is 73.8 Å². The van der Waals surface area contributed by atoms with Gasteiger partial charge in [0.25, 0.3) is 5.91 Å². The minimum atomic E-state index is -4.86. The van der Waals surface area contributed by atoms with E-state index in [4.69, 9.17) is 11.6 Å². The second-order valence-corrected chi connectivity index (χ2v) is 13.6. The van der Waals surface area contributed by atoms with Crippen molar-refractivity contribution in [1.29, 1.82) is 0 Å². The minimum Gasteiger partial charge on any atom is -0.353 e. The second-order valence-electron chi connectivity index (χ2n) is 13.2. The Morgan fingerprint density at radius 1 is 1.04 bits per heavy atom. The maximum absolute atomic E-state index is 16.2. The minimum absolute atomic E-state index is 0.0232. The lowest BCUT2D eigenvalue weighted by molar-refractivity contribution is -0.212. The number of benzene rings is 2. The summed E-state index contributed by atoms with van der Waals surface area (Å²) < 4.78 is 98.1. The fourth-order valence-electron chi connectivity index (χ4n) is 5.47. The number of carbonyl (C=O) groups excluding carboxylic acids is 2. The molecule has 12 nitrogen and oxygen atoms in total. The van der Waals surface area contributed by atoms with Crippen LogP contribution in [0, 0.1) is 5.41 Å². The van der Waals surface area contributed by atoms with Crippen molar-refractivity contribution in [1.82, 2.24) is 45.3 Å². The summed E-state index contributed by atoms with van der Waals surface area (Å²) in [6.07, 6.45) is -9.73. The molecule has 3 heterocycles. The summed E-state index contributed by atoms with van der Waals surface area (Å²) in [6.45, 7) is 0.666. The number of carbonyl (C=O) groups is 2. The van der Waals surface area contributed by atoms with Crippen molar-refractivity contribution in [3.63, 3.8) is 0 Å². The molecule has 0 radical (unpaired) electrons. The van der Waals surface area contributed by atoms with E-state index in [9.17, 15) is 35.9 Å². The molecule has 1 unspecified atom stereocenters. The smallest absolute Gasteiger partial charge is 0.353 e. The first-order chi connectivity index (χ1) is 24.9. The molecule has 2 N–H and O–H groups in total. The number of rotatable bonds is 9. The summed E-state index contributed by atoms with van der Waals surface area (Å²) in [5, 5.41) is 17.4. The van der Waals surface area contributed by atoms with Gasteiger partial charge in [-0.05, 0) is 49.1 Å². The molecule has 1 aliphatic carbocycles. The van der Waals surface area contributed by atoms with E-state index in [1.165, 1.54) is 30.3 Å². The normalized spacial score (nSPS) is 18.8. The molecule has 0 saturated heterocycles. The van der Waals surface area contributed by atoms with Crippen LogP contribution in [0.5, 0.6) is 0 Å². The van der Waals surface area contributed by atoms with Gasteiger partial charge in [-0.15, -0.1) is 0 Å². The Morgan fingerprint density at radius 2 is 1.75 bits per heavy atom. The van der Waals surface area contributed by atoms with E-state index in [1.54, 1.807) is 23.1 Å². The first-order valence-electron chi connectivity index (χ1n) is 16.3. The number of hydrogen-bond donors (Lipinski definition) is 2. The number of amides is 2. The number of fused-ring (bicyclic) bond motifs is 4. The SMILES string of the molecule is CC(C)(CCN=C1NC(F)c2ncnn2-c2cc(ccc2Cl)[C@@H](CNC(=O)CC(F)(F)F)N1C(=O)c1ccc(-c2cnn(C3CC3)n2)cc1)C(F)(F)F. The van der Waals surface area contributed by atoms with Gasteiger partial charge >= 0.3 is 12.4 Å². The molecule has 6 rings (SSSR count). The zero-order valence-corrected chi connectivity index (χ0v) is 28.8. The van der Waals surface area contributed by atoms with E-state index in [1.807, 2.05) is 0 Å². The fourth-order valence-corrected chi connectivity index (χ4v) is 5.67. The molecule has 2 atom stereocenters. The van der Waals surface area contributed by atoms with Crippen LogP contribution in [0.15, 0.2) is 60.0 Å². The highest BCUT2D eigenvalue weighted by Crippen LogP contribution is 2.40. The molecule has 0 spiro atoms. The molecule has 2 aliphatic rings. The largest absolute Gasteiger partial charge is 0.397 e. The summed E-state index contributed by atoms with van der Waals surface area (Å²) in [4.78, 5) is 37.8. The van der Waals surface area contributed by atoms with Crippen LogP contribution in [0.2, 0.25) is 5.02 Å². The van der Waals surface area contributed by atoms with Crippen LogP contribution in [0.4, 0.5) is 30.7 Å². The Balaban J connectivity index is 1.46. The lowest BCUT2D eigenvalue weighted by Crippen LogP contribution is -2.51. The molecule has 282 valence electrons. The van der Waals surface area contributed by atoms with E-state index >= 15 is 4.39 Å². The Labute approximate surface area is 302 Å². The van der Waals surface area contributed by atoms with Crippen molar-refractivity contribution >= 4 is 29.4 Å². The van der Waals surface area contributed by atoms with Gasteiger partial charge < -0.3 is 10.6 Å². The number of hydrogen-bond acceptors (Lipinski definition) is 7. The summed E-state index contributed by atoms with van der Waals surface area (Å²) >= 11 is 6.46. The van der Waals surface area contributed by atoms with E-state index in [-0.39, 0.29) is 33.7 Å². The van der Waals surface area contributed by atoms with Gasteiger partial charge in [0.2, 0.25) is 18.2 Å². The monoisotopic (exact) mass is 768 g/mol. The van der Waals surface area contributed by atoms with Crippen LogP contribution in [0.3, 0.4) is 0 Å². The van der Waals surface area contributed by atoms with Gasteiger partial charge in [0.05, 0.1) is 34.4 Å². The Bertz CT molecular complexity index is 2010. The van der Waals surface area contributed by atoms with Crippen molar-refractivity contribution in [2.24, 2.45) is 10.4 Å². The molecule has 1 aliphatic heterocycles. The highest BCUT2D eigenvalue weighted by molar-refractivity contribution is 6.32. The van der Waals surface area contributed by atoms with Crippen LogP contribution in [0.25, 0.3) is 16.9 Å². The van der Waals surface area contributed by atoms with Gasteiger partial charge in [-0.1, -0.05) is 43.6 Å². The third-order valence-corrected chi connectivity index (χ3v) is 9.15. The molecular formula is C33H32ClF7N10O2. The van der Waals surface area contributed by atoms with E-state index in [0.717, 1.165) is 42.6 Å². The van der Waals surface area contributed by atoms with E-state index in [2.05, 4.69) is 35.9 Å². The molecule has 1 fully saturated rings. The lowest BCUT2D eigenvalue weighted by Gasteiger charge is -2.35. The first kappa shape index (κ1) is 37.7. The molecule has 20 heteroatoms. The molecule has 2 aromatic heterocycles. The first-order valence-corrected chi connectivity index (χ1v) is 16.7. The van der Waals surface area contributed by atoms with Crippen LogP contribution in [-0.4, -0.2) is 77.9 Å². The zero-order chi connectivity index (χ0) is 38.3. The van der Waals surface area contributed by atoms with Crippen molar-refractivity contribution in [2.75, 3.05) is 13.1 Å². The van der Waals surface area contributed by atoms with Gasteiger partial charge in [-0.2, -0.15) is 46.4 Å². The van der Waals surface area contributed by atoms with Gasteiger partial charge in [-0.25, -0.2) is 14.1 Å². The predicted octanol–water partition coefficient (Wildman–Crippen LogP) is 6.67. The molecule has 2 aromatic carbocycles. The maximum Gasteiger partial charge on any atom is 0.397 e. The Hall–Kier alpha value is -5.07. The standard InChI is InChI=1S/C33H32ClF7N10O2/c1-31(2,33(39,40)41)11-12-42-30-47-27(35)28-44-17-46-50(28)24-13-20(7-10-22(24)34)25(16-43-26(52)14-32(36,37)38)49(30)29(53)19-5-3-18(4-6-19)23-15-45-51(48-23)21-8-9-21/h3-7,10,13,15,17,21,25,27H,8-9,11-12,14,16H2,1-2H3,(H,42,47)(H,43,52)/t25-,27?/m1/s1. The van der Waals surface area contributed by atoms with Gasteiger partial charge in [0.15, 0.2) is 5.82 Å². The molecule has 2 bridgehead atoms. The summed E-state index contributed by atoms with van der Waals surface area (Å²) in [5.41, 5.74) is -0.903.